The summed E-state index contributed by atoms with van der Waals surface area (Å²) in [4.78, 5) is 0. The lowest BCUT2D eigenvalue weighted by atomic mass is 9.90. The van der Waals surface area contributed by atoms with Gasteiger partial charge in [-0.05, 0) is 55.2 Å². The summed E-state index contributed by atoms with van der Waals surface area (Å²) in [6.45, 7) is 3.46. The molecule has 33 heavy (non-hydrogen) atoms. The first-order valence-corrected chi connectivity index (χ1v) is 11.2. The Morgan fingerprint density at radius 1 is 1.00 bits per heavy atom. The third kappa shape index (κ3) is 7.63. The van der Waals surface area contributed by atoms with Gasteiger partial charge in [-0.3, -0.25) is 0 Å². The van der Waals surface area contributed by atoms with Gasteiger partial charge in [-0.2, -0.15) is 0 Å². The predicted molar refractivity (Wildman–Crippen MR) is 123 cm³/mol. The highest BCUT2D eigenvalue weighted by Crippen LogP contribution is 2.34. The Morgan fingerprint density at radius 3 is 2.18 bits per heavy atom. The smallest absolute Gasteiger partial charge is 0.119 e. The van der Waals surface area contributed by atoms with E-state index in [4.69, 9.17) is 31.3 Å². The van der Waals surface area contributed by atoms with Crippen molar-refractivity contribution in [3.8, 4) is 5.75 Å². The Balaban J connectivity index is 0.000000696. The van der Waals surface area contributed by atoms with E-state index < -0.39 is 43.2 Å². The van der Waals surface area contributed by atoms with Crippen LogP contribution >= 0.6 is 11.6 Å². The fourth-order valence-electron chi connectivity index (χ4n) is 3.37. The highest BCUT2D eigenvalue weighted by Gasteiger charge is 2.44. The second kappa shape index (κ2) is 13.2. The van der Waals surface area contributed by atoms with Crippen LogP contribution in [0.2, 0.25) is 5.02 Å². The first-order valence-electron chi connectivity index (χ1n) is 10.8. The minimum atomic E-state index is -1.42. The highest BCUT2D eigenvalue weighted by atomic mass is 35.5. The maximum atomic E-state index is 10.3. The van der Waals surface area contributed by atoms with Crippen molar-refractivity contribution in [1.29, 1.82) is 0 Å². The van der Waals surface area contributed by atoms with Gasteiger partial charge in [-0.25, -0.2) is 0 Å². The van der Waals surface area contributed by atoms with Crippen molar-refractivity contribution in [3.63, 3.8) is 0 Å². The Labute approximate surface area is 198 Å². The molecule has 0 unspecified atom stereocenters. The van der Waals surface area contributed by atoms with Crippen LogP contribution < -0.4 is 4.74 Å². The number of hydrogen-bond donors (Lipinski definition) is 6. The van der Waals surface area contributed by atoms with E-state index in [1.165, 1.54) is 6.92 Å². The molecule has 1 fully saturated rings. The molecule has 0 bridgehead atoms. The zero-order valence-electron chi connectivity index (χ0n) is 18.7. The molecule has 1 heterocycles. The largest absolute Gasteiger partial charge is 0.494 e. The maximum absolute atomic E-state index is 10.3. The molecule has 2 aromatic carbocycles. The summed E-state index contributed by atoms with van der Waals surface area (Å²) in [6.07, 6.45) is -5.95. The lowest BCUT2D eigenvalue weighted by molar-refractivity contribution is -0.231. The Morgan fingerprint density at radius 2 is 1.64 bits per heavy atom. The third-order valence-electron chi connectivity index (χ3n) is 5.18. The molecule has 9 heteroatoms. The van der Waals surface area contributed by atoms with Crippen molar-refractivity contribution in [3.05, 3.63) is 64.2 Å². The molecule has 0 aliphatic carbocycles. The van der Waals surface area contributed by atoms with Gasteiger partial charge in [-0.15, -0.1) is 0 Å². The van der Waals surface area contributed by atoms with Crippen LogP contribution in [0.4, 0.5) is 0 Å². The average Bonchev–Trinajstić information content (AvgIpc) is 2.81. The zero-order valence-corrected chi connectivity index (χ0v) is 19.5. The van der Waals surface area contributed by atoms with E-state index in [0.717, 1.165) is 16.9 Å². The molecular formula is C24H33ClO8. The molecule has 0 saturated carbocycles. The quantitative estimate of drug-likeness (QED) is 0.344. The van der Waals surface area contributed by atoms with Crippen LogP contribution in [0.1, 0.15) is 36.6 Å². The van der Waals surface area contributed by atoms with E-state index in [0.29, 0.717) is 23.6 Å². The maximum Gasteiger partial charge on any atom is 0.119 e. The van der Waals surface area contributed by atoms with Gasteiger partial charge in [0.05, 0.1) is 25.9 Å². The first-order chi connectivity index (χ1) is 15.7. The van der Waals surface area contributed by atoms with Gasteiger partial charge in [0.25, 0.3) is 0 Å². The lowest BCUT2D eigenvalue weighted by Gasteiger charge is -2.40. The van der Waals surface area contributed by atoms with Gasteiger partial charge < -0.3 is 40.1 Å². The minimum Gasteiger partial charge on any atom is -0.494 e. The number of rotatable bonds is 7. The fourth-order valence-corrected chi connectivity index (χ4v) is 3.56. The molecule has 1 aliphatic heterocycles. The van der Waals surface area contributed by atoms with Crippen molar-refractivity contribution in [2.75, 3.05) is 19.8 Å². The van der Waals surface area contributed by atoms with Crippen molar-refractivity contribution >= 4 is 11.6 Å². The van der Waals surface area contributed by atoms with Gasteiger partial charge in [-0.1, -0.05) is 35.9 Å². The van der Waals surface area contributed by atoms with Crippen LogP contribution in [-0.4, -0.2) is 81.0 Å². The lowest BCUT2D eigenvalue weighted by Crippen LogP contribution is -2.55. The molecule has 0 radical (unpaired) electrons. The molecule has 1 aliphatic rings. The highest BCUT2D eigenvalue weighted by molar-refractivity contribution is 6.31. The number of ether oxygens (including phenoxy) is 2. The number of aliphatic hydroxyl groups is 6. The molecule has 1 saturated heterocycles. The van der Waals surface area contributed by atoms with Gasteiger partial charge in [0, 0.05) is 5.02 Å². The SMILES string of the molecule is CCOc1ccc(Cc2cc([C@@H]3O[C@H](CO)[C@@H](O)[C@H](O)[C@H]3O)ccc2Cl)cc1.C[C@@H](O)CO. The fraction of sp³-hybridized carbons (Fsp3) is 0.500. The number of hydrogen-bond acceptors (Lipinski definition) is 8. The zero-order chi connectivity index (χ0) is 24.5. The summed E-state index contributed by atoms with van der Waals surface area (Å²) in [5.41, 5.74) is 2.49. The third-order valence-corrected chi connectivity index (χ3v) is 5.55. The van der Waals surface area contributed by atoms with Gasteiger partial charge in [0.15, 0.2) is 0 Å². The van der Waals surface area contributed by atoms with Crippen molar-refractivity contribution in [2.24, 2.45) is 0 Å². The van der Waals surface area contributed by atoms with Crippen LogP contribution in [0.3, 0.4) is 0 Å². The molecular weight excluding hydrogens is 452 g/mol. The topological polar surface area (TPSA) is 140 Å². The van der Waals surface area contributed by atoms with E-state index in [1.807, 2.05) is 37.3 Å². The van der Waals surface area contributed by atoms with Crippen LogP contribution in [0.15, 0.2) is 42.5 Å². The summed E-state index contributed by atoms with van der Waals surface area (Å²) in [7, 11) is 0. The van der Waals surface area contributed by atoms with Crippen LogP contribution in [0, 0.1) is 0 Å². The summed E-state index contributed by atoms with van der Waals surface area (Å²) in [5.74, 6) is 0.799. The molecule has 6 N–H and O–H groups in total. The van der Waals surface area contributed by atoms with Crippen LogP contribution in [0.25, 0.3) is 0 Å². The summed E-state index contributed by atoms with van der Waals surface area (Å²) >= 11 is 6.35. The minimum absolute atomic E-state index is 0.139. The Hall–Kier alpha value is -1.75. The van der Waals surface area contributed by atoms with Gasteiger partial charge in [0.1, 0.15) is 36.3 Å². The van der Waals surface area contributed by atoms with Crippen molar-refractivity contribution in [1.82, 2.24) is 0 Å². The second-order valence-electron chi connectivity index (χ2n) is 7.89. The Kier molecular flexibility index (Phi) is 11.0. The monoisotopic (exact) mass is 484 g/mol. The molecule has 3 rings (SSSR count). The number of benzene rings is 2. The average molecular weight is 485 g/mol. The molecule has 0 amide bonds. The molecule has 6 atom stereocenters. The first kappa shape index (κ1) is 27.5. The second-order valence-corrected chi connectivity index (χ2v) is 8.29. The molecule has 0 spiro atoms. The summed E-state index contributed by atoms with van der Waals surface area (Å²) in [6, 6.07) is 12.9. The van der Waals surface area contributed by atoms with E-state index in [9.17, 15) is 20.4 Å². The Bertz CT molecular complexity index is 843. The van der Waals surface area contributed by atoms with Crippen molar-refractivity contribution < 1.29 is 40.1 Å². The predicted octanol–water partition coefficient (Wildman–Crippen LogP) is 1.20. The summed E-state index contributed by atoms with van der Waals surface area (Å²) < 4.78 is 11.1. The number of halogens is 1. The van der Waals surface area contributed by atoms with E-state index >= 15 is 0 Å². The standard InChI is InChI=1S/C21H25ClO6.C3H8O2/c1-2-27-15-6-3-12(4-7-15)9-14-10-13(5-8-16(14)22)21-20(26)19(25)18(24)17(11-23)28-21;1-3(5)2-4/h3-8,10,17-21,23-26H,2,9,11H2,1H3;3-5H,2H2,1H3/t17-,18-,19+,20-,21+;3-/m11/s1. The normalized spacial score (nSPS) is 25.7. The van der Waals surface area contributed by atoms with Crippen LogP contribution in [-0.2, 0) is 11.2 Å². The van der Waals surface area contributed by atoms with E-state index in [-0.39, 0.29) is 6.61 Å². The van der Waals surface area contributed by atoms with Crippen LogP contribution in [0.5, 0.6) is 5.75 Å². The van der Waals surface area contributed by atoms with E-state index in [2.05, 4.69) is 0 Å². The summed E-state index contributed by atoms with van der Waals surface area (Å²) in [5, 5.41) is 56.3. The molecule has 184 valence electrons. The molecule has 8 nitrogen and oxygen atoms in total. The van der Waals surface area contributed by atoms with Gasteiger partial charge in [0.2, 0.25) is 0 Å². The molecule has 2 aromatic rings. The van der Waals surface area contributed by atoms with E-state index in [1.54, 1.807) is 12.1 Å². The molecule has 0 aromatic heterocycles. The van der Waals surface area contributed by atoms with Gasteiger partial charge >= 0.3 is 0 Å². The van der Waals surface area contributed by atoms with Crippen molar-refractivity contribution in [2.45, 2.75) is 56.9 Å². The number of aliphatic hydroxyl groups excluding tert-OH is 6.